The molecule has 0 spiro atoms. The van der Waals surface area contributed by atoms with Crippen molar-refractivity contribution in [3.8, 4) is 0 Å². The van der Waals surface area contributed by atoms with Gasteiger partial charge in [-0.15, -0.1) is 0 Å². The van der Waals surface area contributed by atoms with Gasteiger partial charge in [-0.2, -0.15) is 0 Å². The minimum absolute atomic E-state index is 0.0696. The molecule has 2 bridgehead atoms. The summed E-state index contributed by atoms with van der Waals surface area (Å²) in [7, 11) is 0. The number of carbonyl (C=O) groups excluding carboxylic acids is 2. The van der Waals surface area contributed by atoms with Crippen molar-refractivity contribution in [3.63, 3.8) is 0 Å². The van der Waals surface area contributed by atoms with E-state index in [2.05, 4.69) is 6.92 Å². The average molecular weight is 256 g/mol. The summed E-state index contributed by atoms with van der Waals surface area (Å²) in [6.45, 7) is 4.04. The summed E-state index contributed by atoms with van der Waals surface area (Å²) in [5.74, 6) is 0.853. The van der Waals surface area contributed by atoms with E-state index < -0.39 is 0 Å². The highest BCUT2D eigenvalue weighted by molar-refractivity contribution is 6.00. The summed E-state index contributed by atoms with van der Waals surface area (Å²) in [5.41, 5.74) is 2.17. The number of esters is 1. The second-order valence-electron chi connectivity index (χ2n) is 5.49. The molecule has 0 saturated heterocycles. The second-order valence-corrected chi connectivity index (χ2v) is 5.49. The van der Waals surface area contributed by atoms with Gasteiger partial charge < -0.3 is 4.74 Å². The first-order chi connectivity index (χ1) is 9.06. The van der Waals surface area contributed by atoms with Crippen LogP contribution in [0, 0.1) is 11.8 Å². The van der Waals surface area contributed by atoms with Gasteiger partial charge >= 0.3 is 5.97 Å². The number of Topliss-reactive ketones (excluding diaryl/α,β-unsaturated/α-hetero) is 1. The fourth-order valence-corrected chi connectivity index (χ4v) is 2.78. The number of hydrogen-bond acceptors (Lipinski definition) is 3. The van der Waals surface area contributed by atoms with Crippen molar-refractivity contribution < 1.29 is 14.3 Å². The maximum Gasteiger partial charge on any atom is 0.343 e. The third kappa shape index (κ3) is 1.99. The molecule has 1 aromatic carbocycles. The number of benzene rings is 1. The van der Waals surface area contributed by atoms with E-state index in [1.807, 2.05) is 6.92 Å². The summed E-state index contributed by atoms with van der Waals surface area (Å²) in [5, 5.41) is 0. The Morgan fingerprint density at radius 2 is 1.79 bits per heavy atom. The average Bonchev–Trinajstić information content (AvgIpc) is 2.42. The molecular formula is C16H16O3. The first-order valence-corrected chi connectivity index (χ1v) is 6.64. The van der Waals surface area contributed by atoms with Crippen molar-refractivity contribution in [1.29, 1.82) is 0 Å². The van der Waals surface area contributed by atoms with Crippen LogP contribution >= 0.6 is 0 Å². The van der Waals surface area contributed by atoms with Crippen LogP contribution in [0.25, 0.3) is 0 Å². The van der Waals surface area contributed by atoms with Gasteiger partial charge in [-0.25, -0.2) is 4.79 Å². The molecule has 3 heteroatoms. The molecule has 2 aliphatic rings. The Hall–Kier alpha value is -1.90. The van der Waals surface area contributed by atoms with E-state index in [0.29, 0.717) is 23.5 Å². The molecule has 1 heterocycles. The smallest absolute Gasteiger partial charge is 0.343 e. The first kappa shape index (κ1) is 12.2. The van der Waals surface area contributed by atoms with E-state index in [4.69, 9.17) is 4.74 Å². The van der Waals surface area contributed by atoms with Gasteiger partial charge in [0.15, 0.2) is 5.78 Å². The summed E-state index contributed by atoms with van der Waals surface area (Å²) in [6.07, 6.45) is 1.48. The van der Waals surface area contributed by atoms with Crippen LogP contribution in [0.4, 0.5) is 0 Å². The lowest BCUT2D eigenvalue weighted by atomic mass is 9.77. The topological polar surface area (TPSA) is 43.4 Å². The largest absolute Gasteiger partial charge is 0.427 e. The molecule has 0 amide bonds. The third-order valence-electron chi connectivity index (χ3n) is 4.02. The molecule has 1 aromatic rings. The molecule has 0 aromatic heterocycles. The van der Waals surface area contributed by atoms with Crippen molar-refractivity contribution in [1.82, 2.24) is 0 Å². The van der Waals surface area contributed by atoms with Crippen molar-refractivity contribution in [2.24, 2.45) is 11.8 Å². The zero-order valence-corrected chi connectivity index (χ0v) is 11.1. The van der Waals surface area contributed by atoms with Crippen LogP contribution in [0.2, 0.25) is 0 Å². The predicted octanol–water partition coefficient (Wildman–Crippen LogP) is 3.36. The van der Waals surface area contributed by atoms with E-state index in [-0.39, 0.29) is 17.7 Å². The Kier molecular flexibility index (Phi) is 2.77. The van der Waals surface area contributed by atoms with Crippen LogP contribution in [-0.2, 0) is 4.74 Å². The van der Waals surface area contributed by atoms with Gasteiger partial charge in [-0.1, -0.05) is 26.0 Å². The van der Waals surface area contributed by atoms with Crippen LogP contribution in [0.1, 0.15) is 47.4 Å². The van der Waals surface area contributed by atoms with Crippen LogP contribution in [-0.4, -0.2) is 11.8 Å². The third-order valence-corrected chi connectivity index (χ3v) is 4.02. The minimum Gasteiger partial charge on any atom is -0.427 e. The number of carbonyl (C=O) groups is 2. The molecule has 0 radical (unpaired) electrons. The van der Waals surface area contributed by atoms with Crippen LogP contribution in [0.15, 0.2) is 35.6 Å². The summed E-state index contributed by atoms with van der Waals surface area (Å²) < 4.78 is 5.45. The van der Waals surface area contributed by atoms with Gasteiger partial charge in [-0.3, -0.25) is 4.79 Å². The van der Waals surface area contributed by atoms with Crippen LogP contribution in [0.5, 0.6) is 0 Å². The van der Waals surface area contributed by atoms with Gasteiger partial charge in [-0.05, 0) is 30.0 Å². The monoisotopic (exact) mass is 256 g/mol. The van der Waals surface area contributed by atoms with Crippen molar-refractivity contribution in [2.45, 2.75) is 26.7 Å². The van der Waals surface area contributed by atoms with Crippen molar-refractivity contribution >= 4 is 11.8 Å². The Balaban J connectivity index is 2.06. The second kappa shape index (κ2) is 4.34. The Morgan fingerprint density at radius 3 is 2.53 bits per heavy atom. The summed E-state index contributed by atoms with van der Waals surface area (Å²) >= 11 is 0. The Labute approximate surface area is 112 Å². The zero-order chi connectivity index (χ0) is 13.6. The first-order valence-electron chi connectivity index (χ1n) is 6.64. The van der Waals surface area contributed by atoms with Crippen molar-refractivity contribution in [3.05, 3.63) is 46.7 Å². The SMILES string of the molecule is CC1CC2=C(CC2C)OC(=O)c2cccc(c2)C1=O. The van der Waals surface area contributed by atoms with E-state index in [9.17, 15) is 9.59 Å². The number of hydrogen-bond donors (Lipinski definition) is 0. The van der Waals surface area contributed by atoms with Crippen LogP contribution in [0.3, 0.4) is 0 Å². The summed E-state index contributed by atoms with van der Waals surface area (Å²) in [4.78, 5) is 24.4. The maximum absolute atomic E-state index is 12.3. The number of allylic oxidation sites excluding steroid dienone is 2. The highest BCUT2D eigenvalue weighted by Crippen LogP contribution is 2.40. The molecule has 0 fully saturated rings. The van der Waals surface area contributed by atoms with E-state index in [1.54, 1.807) is 24.3 Å². The number of ketones is 1. The zero-order valence-electron chi connectivity index (χ0n) is 11.1. The van der Waals surface area contributed by atoms with Gasteiger partial charge in [0, 0.05) is 17.9 Å². The summed E-state index contributed by atoms with van der Waals surface area (Å²) in [6, 6.07) is 6.82. The fourth-order valence-electron chi connectivity index (χ4n) is 2.78. The Bertz CT molecular complexity index is 598. The molecule has 0 N–H and O–H groups in total. The van der Waals surface area contributed by atoms with Gasteiger partial charge in [0.2, 0.25) is 0 Å². The molecule has 1 aliphatic carbocycles. The van der Waals surface area contributed by atoms with E-state index in [0.717, 1.165) is 17.8 Å². The quantitative estimate of drug-likeness (QED) is 0.668. The molecule has 19 heavy (non-hydrogen) atoms. The van der Waals surface area contributed by atoms with Gasteiger partial charge in [0.25, 0.3) is 0 Å². The highest BCUT2D eigenvalue weighted by Gasteiger charge is 2.32. The van der Waals surface area contributed by atoms with Crippen LogP contribution < -0.4 is 0 Å². The molecule has 1 aliphatic heterocycles. The van der Waals surface area contributed by atoms with E-state index >= 15 is 0 Å². The normalized spacial score (nSPS) is 26.4. The number of rotatable bonds is 0. The number of fused-ring (bicyclic) bond motifs is 2. The molecule has 2 unspecified atom stereocenters. The predicted molar refractivity (Wildman–Crippen MR) is 70.8 cm³/mol. The molecule has 3 nitrogen and oxygen atoms in total. The lowest BCUT2D eigenvalue weighted by Gasteiger charge is -2.32. The Morgan fingerprint density at radius 1 is 1.05 bits per heavy atom. The lowest BCUT2D eigenvalue weighted by Crippen LogP contribution is -2.25. The molecule has 3 rings (SSSR count). The molecule has 98 valence electrons. The maximum atomic E-state index is 12.3. The van der Waals surface area contributed by atoms with Crippen molar-refractivity contribution in [2.75, 3.05) is 0 Å². The van der Waals surface area contributed by atoms with Gasteiger partial charge in [0.05, 0.1) is 5.56 Å². The fraction of sp³-hybridized carbons (Fsp3) is 0.375. The molecule has 0 saturated carbocycles. The number of ether oxygens (including phenoxy) is 1. The van der Waals surface area contributed by atoms with E-state index in [1.165, 1.54) is 0 Å². The lowest BCUT2D eigenvalue weighted by molar-refractivity contribution is 0.0574. The minimum atomic E-state index is -0.358. The standard InChI is InChI=1S/C16H16O3/c1-9-7-14-13(9)6-10(2)15(17)11-4-3-5-12(8-11)16(18)19-14/h3-5,8-10H,6-7H2,1-2H3. The molecular weight excluding hydrogens is 240 g/mol. The highest BCUT2D eigenvalue weighted by atomic mass is 16.5. The van der Waals surface area contributed by atoms with Gasteiger partial charge in [0.1, 0.15) is 5.76 Å². The molecule has 2 atom stereocenters.